The summed E-state index contributed by atoms with van der Waals surface area (Å²) in [6.45, 7) is 6.45. The molecule has 6 nitrogen and oxygen atoms in total. The highest BCUT2D eigenvalue weighted by Crippen LogP contribution is 2.36. The van der Waals surface area contributed by atoms with Crippen molar-refractivity contribution in [2.75, 3.05) is 26.6 Å². The van der Waals surface area contributed by atoms with Gasteiger partial charge in [-0.1, -0.05) is 37.6 Å². The number of benzene rings is 1. The number of rotatable bonds is 8. The molecule has 26 heavy (non-hydrogen) atoms. The number of ether oxygens (including phenoxy) is 3. The fourth-order valence-electron chi connectivity index (χ4n) is 3.43. The number of halogens is 1. The number of aromatic nitrogens is 3. The van der Waals surface area contributed by atoms with Crippen LogP contribution in [-0.4, -0.2) is 47.5 Å². The van der Waals surface area contributed by atoms with Crippen molar-refractivity contribution in [3.8, 4) is 0 Å². The van der Waals surface area contributed by atoms with Gasteiger partial charge in [0, 0.05) is 17.0 Å². The largest absolute Gasteiger partial charge is 0.375 e. The fourth-order valence-corrected chi connectivity index (χ4v) is 3.55. The highest BCUT2D eigenvalue weighted by atomic mass is 35.5. The maximum atomic E-state index is 6.34. The van der Waals surface area contributed by atoms with Crippen molar-refractivity contribution in [1.29, 1.82) is 0 Å². The van der Waals surface area contributed by atoms with Crippen molar-refractivity contribution in [1.82, 2.24) is 14.8 Å². The lowest BCUT2D eigenvalue weighted by atomic mass is 9.79. The first kappa shape index (κ1) is 19.3. The molecule has 0 aliphatic carbocycles. The maximum Gasteiger partial charge on any atom is 0.146 e. The van der Waals surface area contributed by atoms with Gasteiger partial charge in [-0.05, 0) is 30.5 Å². The van der Waals surface area contributed by atoms with Crippen molar-refractivity contribution >= 4 is 11.6 Å². The highest BCUT2D eigenvalue weighted by molar-refractivity contribution is 6.30. The molecule has 3 rings (SSSR count). The molecule has 1 aromatic carbocycles. The number of nitrogens with zero attached hydrogens (tertiary/aromatic N) is 3. The van der Waals surface area contributed by atoms with Gasteiger partial charge in [0.15, 0.2) is 0 Å². The maximum absolute atomic E-state index is 6.34. The molecule has 7 heteroatoms. The first-order valence-corrected chi connectivity index (χ1v) is 9.36. The Morgan fingerprint density at radius 1 is 1.27 bits per heavy atom. The van der Waals surface area contributed by atoms with Gasteiger partial charge in [-0.15, -0.1) is 0 Å². The third kappa shape index (κ3) is 4.62. The van der Waals surface area contributed by atoms with Crippen LogP contribution in [-0.2, 0) is 20.6 Å². The zero-order valence-corrected chi connectivity index (χ0v) is 16.1. The van der Waals surface area contributed by atoms with Gasteiger partial charge < -0.3 is 14.2 Å². The van der Waals surface area contributed by atoms with E-state index in [1.807, 2.05) is 28.9 Å². The molecule has 2 heterocycles. The molecular formula is C19H26ClN3O3. The van der Waals surface area contributed by atoms with Gasteiger partial charge in [0.25, 0.3) is 0 Å². The minimum Gasteiger partial charge on any atom is -0.375 e. The second-order valence-electron chi connectivity index (χ2n) is 7.03. The van der Waals surface area contributed by atoms with E-state index in [1.165, 1.54) is 5.56 Å². The van der Waals surface area contributed by atoms with Gasteiger partial charge in [-0.2, -0.15) is 5.10 Å². The van der Waals surface area contributed by atoms with E-state index in [2.05, 4.69) is 23.9 Å². The first-order chi connectivity index (χ1) is 12.6. The van der Waals surface area contributed by atoms with Crippen LogP contribution in [0.15, 0.2) is 36.9 Å². The van der Waals surface area contributed by atoms with Crippen LogP contribution < -0.4 is 0 Å². The molecule has 2 atom stereocenters. The van der Waals surface area contributed by atoms with Gasteiger partial charge >= 0.3 is 0 Å². The molecule has 1 saturated heterocycles. The molecule has 0 N–H and O–H groups in total. The standard InChI is InChI=1S/C19H26ClN3O3/c1-3-8-26-18(19(2)10-24-14-25-11-19)17(23-13-21-12-22-23)9-15-4-6-16(20)7-5-15/h4-7,12-13,17-18H,3,8-11,14H2,1-2H3. The lowest BCUT2D eigenvalue weighted by molar-refractivity contribution is -0.206. The van der Waals surface area contributed by atoms with Crippen molar-refractivity contribution in [3.63, 3.8) is 0 Å². The summed E-state index contributed by atoms with van der Waals surface area (Å²) < 4.78 is 19.5. The monoisotopic (exact) mass is 379 g/mol. The van der Waals surface area contributed by atoms with Crippen LogP contribution in [0.25, 0.3) is 0 Å². The predicted molar refractivity (Wildman–Crippen MR) is 99.1 cm³/mol. The Hall–Kier alpha value is -1.47. The molecule has 1 fully saturated rings. The Labute approximate surface area is 159 Å². The van der Waals surface area contributed by atoms with Crippen LogP contribution in [0, 0.1) is 5.41 Å². The Morgan fingerprint density at radius 3 is 2.62 bits per heavy atom. The smallest absolute Gasteiger partial charge is 0.146 e. The lowest BCUT2D eigenvalue weighted by Crippen LogP contribution is -2.50. The molecule has 0 saturated carbocycles. The molecule has 1 aromatic heterocycles. The van der Waals surface area contributed by atoms with E-state index < -0.39 is 0 Å². The summed E-state index contributed by atoms with van der Waals surface area (Å²) in [7, 11) is 0. The minimum absolute atomic E-state index is 0.0273. The third-order valence-electron chi connectivity index (χ3n) is 4.70. The summed E-state index contributed by atoms with van der Waals surface area (Å²) in [5.41, 5.74) is 0.900. The van der Waals surface area contributed by atoms with Crippen molar-refractivity contribution < 1.29 is 14.2 Å². The van der Waals surface area contributed by atoms with Crippen LogP contribution in [0.2, 0.25) is 5.02 Å². The normalized spacial score (nSPS) is 19.2. The SMILES string of the molecule is CCCOC(C(Cc1ccc(Cl)cc1)n1cncn1)C1(C)COCOC1. The summed E-state index contributed by atoms with van der Waals surface area (Å²) in [4.78, 5) is 4.14. The van der Waals surface area contributed by atoms with Crippen LogP contribution in [0.1, 0.15) is 31.9 Å². The van der Waals surface area contributed by atoms with Gasteiger partial charge in [0.1, 0.15) is 19.4 Å². The van der Waals surface area contributed by atoms with E-state index in [-0.39, 0.29) is 17.6 Å². The Balaban J connectivity index is 1.91. The zero-order chi connectivity index (χ0) is 18.4. The number of hydrogen-bond donors (Lipinski definition) is 0. The van der Waals surface area contributed by atoms with E-state index >= 15 is 0 Å². The minimum atomic E-state index is -0.267. The van der Waals surface area contributed by atoms with E-state index in [9.17, 15) is 0 Å². The van der Waals surface area contributed by atoms with Crippen LogP contribution >= 0.6 is 11.6 Å². The van der Waals surface area contributed by atoms with Gasteiger partial charge in [0.05, 0.1) is 25.4 Å². The van der Waals surface area contributed by atoms with Crippen molar-refractivity contribution in [2.45, 2.75) is 38.8 Å². The highest BCUT2D eigenvalue weighted by Gasteiger charge is 2.43. The third-order valence-corrected chi connectivity index (χ3v) is 4.95. The van der Waals surface area contributed by atoms with E-state index in [0.717, 1.165) is 17.9 Å². The quantitative estimate of drug-likeness (QED) is 0.702. The Morgan fingerprint density at radius 2 is 2.00 bits per heavy atom. The topological polar surface area (TPSA) is 58.4 Å². The zero-order valence-electron chi connectivity index (χ0n) is 15.3. The molecule has 2 aromatic rings. The molecule has 0 bridgehead atoms. The average Bonchev–Trinajstić information content (AvgIpc) is 3.17. The van der Waals surface area contributed by atoms with Crippen molar-refractivity contribution in [2.24, 2.45) is 5.41 Å². The summed E-state index contributed by atoms with van der Waals surface area (Å²) in [6.07, 6.45) is 4.88. The van der Waals surface area contributed by atoms with Crippen LogP contribution in [0.5, 0.6) is 0 Å². The molecule has 0 amide bonds. The van der Waals surface area contributed by atoms with Crippen molar-refractivity contribution in [3.05, 3.63) is 47.5 Å². The van der Waals surface area contributed by atoms with Crippen LogP contribution in [0.4, 0.5) is 0 Å². The average molecular weight is 380 g/mol. The Bertz CT molecular complexity index is 657. The summed E-state index contributed by atoms with van der Waals surface area (Å²) in [5, 5.41) is 5.13. The van der Waals surface area contributed by atoms with Gasteiger partial charge in [0.2, 0.25) is 0 Å². The molecule has 2 unspecified atom stereocenters. The number of hydrogen-bond acceptors (Lipinski definition) is 5. The predicted octanol–water partition coefficient (Wildman–Crippen LogP) is 3.52. The molecule has 0 radical (unpaired) electrons. The molecule has 1 aliphatic heterocycles. The summed E-state index contributed by atoms with van der Waals surface area (Å²) in [5.74, 6) is 0. The molecule has 142 valence electrons. The Kier molecular flexibility index (Phi) is 6.64. The molecular weight excluding hydrogens is 354 g/mol. The van der Waals surface area contributed by atoms with E-state index in [4.69, 9.17) is 25.8 Å². The first-order valence-electron chi connectivity index (χ1n) is 8.98. The lowest BCUT2D eigenvalue weighted by Gasteiger charge is -2.43. The second-order valence-corrected chi connectivity index (χ2v) is 7.47. The van der Waals surface area contributed by atoms with E-state index in [1.54, 1.807) is 12.7 Å². The summed E-state index contributed by atoms with van der Waals surface area (Å²) >= 11 is 6.04. The van der Waals surface area contributed by atoms with Gasteiger partial charge in [-0.25, -0.2) is 9.67 Å². The van der Waals surface area contributed by atoms with Gasteiger partial charge in [-0.3, -0.25) is 0 Å². The second kappa shape index (κ2) is 8.95. The molecule has 0 spiro atoms. The fraction of sp³-hybridized carbons (Fsp3) is 0.579. The van der Waals surface area contributed by atoms with E-state index in [0.29, 0.717) is 26.6 Å². The summed E-state index contributed by atoms with van der Waals surface area (Å²) in [6, 6.07) is 7.87. The molecule has 1 aliphatic rings. The van der Waals surface area contributed by atoms with Crippen LogP contribution in [0.3, 0.4) is 0 Å².